The second-order valence-electron chi connectivity index (χ2n) is 11.3. The molecule has 0 spiro atoms. The van der Waals surface area contributed by atoms with E-state index in [0.717, 1.165) is 80.8 Å². The maximum atomic E-state index is 11.7. The van der Waals surface area contributed by atoms with Crippen molar-refractivity contribution in [1.29, 1.82) is 0 Å². The Kier molecular flexibility index (Phi) is 9.81. The summed E-state index contributed by atoms with van der Waals surface area (Å²) in [5.74, 6) is 0.966. The number of aliphatic hydroxyl groups excluding tert-OH is 1. The van der Waals surface area contributed by atoms with E-state index >= 15 is 0 Å². The molecule has 2 aliphatic carbocycles. The van der Waals surface area contributed by atoms with E-state index in [-0.39, 0.29) is 24.8 Å². The third kappa shape index (κ3) is 6.37. The standard InChI is InChI=1S/C14H17IN6O2.C13H19IN6O/c15-11-10-12(16)17-7-18-13(10)21(19-11)9-3-1-8(2-4-9)20-5-6-23-14(20)22;14-11-10-12(15)17-7-18-13(10)20(19-11)9-3-1-8(2-4-9)16-5-6-21/h7-9H,1-6H2,(H2,16,17,18);7-9,16,21H,1-6H2,(H2,15,17,18). The van der Waals surface area contributed by atoms with E-state index in [2.05, 4.69) is 80.6 Å². The Bertz CT molecular complexity index is 1610. The summed E-state index contributed by atoms with van der Waals surface area (Å²) in [7, 11) is 0. The highest BCUT2D eigenvalue weighted by molar-refractivity contribution is 14.1. The molecule has 0 aromatic carbocycles. The first kappa shape index (κ1) is 31.3. The van der Waals surface area contributed by atoms with Crippen LogP contribution in [0.4, 0.5) is 16.4 Å². The molecule has 3 aliphatic rings. The highest BCUT2D eigenvalue weighted by Gasteiger charge is 2.34. The summed E-state index contributed by atoms with van der Waals surface area (Å²) in [4.78, 5) is 30.4. The first-order valence-corrected chi connectivity index (χ1v) is 17.1. The van der Waals surface area contributed by atoms with Gasteiger partial charge in [-0.15, -0.1) is 0 Å². The minimum Gasteiger partial charge on any atom is -0.448 e. The number of hydrogen-bond donors (Lipinski definition) is 4. The lowest BCUT2D eigenvalue weighted by Crippen LogP contribution is -2.39. The van der Waals surface area contributed by atoms with E-state index < -0.39 is 0 Å². The van der Waals surface area contributed by atoms with Gasteiger partial charge < -0.3 is 31.5 Å². The van der Waals surface area contributed by atoms with E-state index in [1.165, 1.54) is 12.7 Å². The fraction of sp³-hybridized carbons (Fsp3) is 0.593. The Labute approximate surface area is 281 Å². The second kappa shape index (κ2) is 13.8. The lowest BCUT2D eigenvalue weighted by atomic mass is 9.90. The zero-order chi connectivity index (χ0) is 30.8. The van der Waals surface area contributed by atoms with Crippen molar-refractivity contribution >= 4 is 85.0 Å². The SMILES string of the molecule is Nc1ncnc2c1c(I)nn2C1CCC(N2CCOC2=O)CC1.Nc1ncnc2c1c(I)nn2C1CCC(NCCO)CC1. The third-order valence-corrected chi connectivity index (χ3v) is 10.3. The summed E-state index contributed by atoms with van der Waals surface area (Å²) in [5, 5.41) is 23.2. The van der Waals surface area contributed by atoms with Crippen molar-refractivity contribution < 1.29 is 14.6 Å². The van der Waals surface area contributed by atoms with Crippen molar-refractivity contribution in [2.24, 2.45) is 0 Å². The first-order valence-electron chi connectivity index (χ1n) is 14.9. The van der Waals surface area contributed by atoms with Gasteiger partial charge in [0, 0.05) is 18.6 Å². The van der Waals surface area contributed by atoms with Crippen LogP contribution in [-0.2, 0) is 4.74 Å². The molecule has 1 aliphatic heterocycles. The first-order chi connectivity index (χ1) is 21.4. The summed E-state index contributed by atoms with van der Waals surface area (Å²) in [5.41, 5.74) is 13.5. The van der Waals surface area contributed by atoms with E-state index in [9.17, 15) is 4.79 Å². The van der Waals surface area contributed by atoms with Crippen LogP contribution in [0.3, 0.4) is 0 Å². The van der Waals surface area contributed by atoms with Gasteiger partial charge in [0.1, 0.15) is 38.3 Å². The molecule has 1 saturated heterocycles. The van der Waals surface area contributed by atoms with Gasteiger partial charge in [-0.2, -0.15) is 10.2 Å². The topological polar surface area (TPSA) is 201 Å². The lowest BCUT2D eigenvalue weighted by Gasteiger charge is -2.33. The van der Waals surface area contributed by atoms with Gasteiger partial charge in [-0.3, -0.25) is 0 Å². The molecule has 6 N–H and O–H groups in total. The van der Waals surface area contributed by atoms with Gasteiger partial charge in [0.25, 0.3) is 0 Å². The maximum absolute atomic E-state index is 11.7. The summed E-state index contributed by atoms with van der Waals surface area (Å²) < 4.78 is 10.7. The summed E-state index contributed by atoms with van der Waals surface area (Å²) >= 11 is 4.37. The highest BCUT2D eigenvalue weighted by atomic mass is 127. The van der Waals surface area contributed by atoms with Crippen LogP contribution in [-0.4, -0.2) is 94.0 Å². The van der Waals surface area contributed by atoms with Crippen LogP contribution in [0.1, 0.15) is 63.5 Å². The molecular weight excluding hydrogens is 794 g/mol. The van der Waals surface area contributed by atoms with Crippen LogP contribution in [0.5, 0.6) is 0 Å². The van der Waals surface area contributed by atoms with Crippen LogP contribution in [0.2, 0.25) is 0 Å². The van der Waals surface area contributed by atoms with Crippen molar-refractivity contribution in [1.82, 2.24) is 49.7 Å². The van der Waals surface area contributed by atoms with Crippen LogP contribution < -0.4 is 16.8 Å². The van der Waals surface area contributed by atoms with E-state index in [4.69, 9.17) is 21.3 Å². The zero-order valence-electron chi connectivity index (χ0n) is 24.1. The number of nitrogens with two attached hydrogens (primary N) is 2. The van der Waals surface area contributed by atoms with Crippen molar-refractivity contribution in [2.45, 2.75) is 75.5 Å². The maximum Gasteiger partial charge on any atom is 0.410 e. The quantitative estimate of drug-likeness (QED) is 0.208. The number of rotatable bonds is 6. The smallest absolute Gasteiger partial charge is 0.410 e. The monoisotopic (exact) mass is 830 g/mol. The molecular formula is C27H36I2N12O3. The molecule has 3 fully saturated rings. The number of ether oxygens (including phenoxy) is 1. The van der Waals surface area contributed by atoms with Gasteiger partial charge in [0.05, 0.1) is 36.0 Å². The minimum absolute atomic E-state index is 0.173. The largest absolute Gasteiger partial charge is 0.448 e. The van der Waals surface area contributed by atoms with Crippen molar-refractivity contribution in [3.8, 4) is 0 Å². The molecule has 7 rings (SSSR count). The Morgan fingerprint density at radius 1 is 0.818 bits per heavy atom. The van der Waals surface area contributed by atoms with Gasteiger partial charge >= 0.3 is 6.09 Å². The molecule has 4 aromatic rings. The van der Waals surface area contributed by atoms with Crippen molar-refractivity contribution in [3.63, 3.8) is 0 Å². The number of cyclic esters (lactones) is 1. The van der Waals surface area contributed by atoms with Gasteiger partial charge in [0.15, 0.2) is 11.3 Å². The summed E-state index contributed by atoms with van der Waals surface area (Å²) in [6.45, 7) is 2.08. The normalized spacial score (nSPS) is 24.0. The lowest BCUT2D eigenvalue weighted by molar-refractivity contribution is 0.132. The predicted octanol–water partition coefficient (Wildman–Crippen LogP) is 3.03. The number of carbonyl (C=O) groups is 1. The van der Waals surface area contributed by atoms with Gasteiger partial charge in [-0.05, 0) is 96.5 Å². The molecule has 5 heterocycles. The second-order valence-corrected chi connectivity index (χ2v) is 13.4. The van der Waals surface area contributed by atoms with Crippen molar-refractivity contribution in [3.05, 3.63) is 20.1 Å². The number of anilines is 2. The molecule has 44 heavy (non-hydrogen) atoms. The van der Waals surface area contributed by atoms with E-state index in [1.54, 1.807) is 0 Å². The average molecular weight is 830 g/mol. The third-order valence-electron chi connectivity index (χ3n) is 8.78. The average Bonchev–Trinajstić information content (AvgIpc) is 3.72. The molecule has 0 bridgehead atoms. The van der Waals surface area contributed by atoms with Gasteiger partial charge in [-0.25, -0.2) is 34.1 Å². The number of halogens is 2. The molecule has 4 aromatic heterocycles. The molecule has 1 amide bonds. The van der Waals surface area contributed by atoms with Gasteiger partial charge in [0.2, 0.25) is 0 Å². The number of nitrogen functional groups attached to an aromatic ring is 2. The predicted molar refractivity (Wildman–Crippen MR) is 181 cm³/mol. The van der Waals surface area contributed by atoms with Crippen molar-refractivity contribution in [2.75, 3.05) is 37.8 Å². The Balaban J connectivity index is 0.000000157. The highest BCUT2D eigenvalue weighted by Crippen LogP contribution is 2.35. The number of nitrogens with zero attached hydrogens (tertiary/aromatic N) is 9. The number of hydrogen-bond acceptors (Lipinski definition) is 12. The van der Waals surface area contributed by atoms with Crippen LogP contribution >= 0.6 is 45.2 Å². The van der Waals surface area contributed by atoms with Crippen LogP contribution in [0.25, 0.3) is 22.1 Å². The molecule has 236 valence electrons. The number of carbonyl (C=O) groups excluding carboxylic acids is 1. The van der Waals surface area contributed by atoms with Crippen LogP contribution in [0.15, 0.2) is 12.7 Å². The van der Waals surface area contributed by atoms with E-state index in [0.29, 0.717) is 43.4 Å². The summed E-state index contributed by atoms with van der Waals surface area (Å²) in [6.07, 6.45) is 10.9. The molecule has 0 radical (unpaired) electrons. The van der Waals surface area contributed by atoms with E-state index in [1.807, 2.05) is 14.3 Å². The molecule has 15 nitrogen and oxygen atoms in total. The Morgan fingerprint density at radius 3 is 1.80 bits per heavy atom. The number of nitrogens with one attached hydrogen (secondary N) is 1. The summed E-state index contributed by atoms with van der Waals surface area (Å²) in [6, 6.07) is 1.42. The molecule has 0 atom stereocenters. The fourth-order valence-electron chi connectivity index (χ4n) is 6.56. The number of aromatic nitrogens is 8. The molecule has 0 unspecified atom stereocenters. The van der Waals surface area contributed by atoms with Gasteiger partial charge in [-0.1, -0.05) is 0 Å². The molecule has 2 saturated carbocycles. The Hall–Kier alpha value is -2.65. The fourth-order valence-corrected chi connectivity index (χ4v) is 8.06. The number of fused-ring (bicyclic) bond motifs is 2. The van der Waals surface area contributed by atoms with Crippen LogP contribution in [0, 0.1) is 7.40 Å². The number of aliphatic hydroxyl groups is 1. The minimum atomic E-state index is -0.173. The molecule has 17 heteroatoms. The zero-order valence-corrected chi connectivity index (χ0v) is 28.5. The number of amides is 1. The Morgan fingerprint density at radius 2 is 1.32 bits per heavy atom.